The molecule has 5 nitrogen and oxygen atoms in total. The molecule has 0 aliphatic heterocycles. The molecule has 0 spiro atoms. The van der Waals surface area contributed by atoms with Crippen LogP contribution in [0.25, 0.3) is 0 Å². The number of anilines is 1. The van der Waals surface area contributed by atoms with Gasteiger partial charge in [-0.1, -0.05) is 0 Å². The molecule has 0 aliphatic rings. The highest BCUT2D eigenvalue weighted by atomic mass is 32.2. The minimum absolute atomic E-state index is 0.299. The maximum atomic E-state index is 12.9. The van der Waals surface area contributed by atoms with Gasteiger partial charge in [0.2, 0.25) is 0 Å². The quantitative estimate of drug-likeness (QED) is 0.565. The molecule has 0 fully saturated rings. The van der Waals surface area contributed by atoms with Crippen LogP contribution in [-0.4, -0.2) is 20.1 Å². The summed E-state index contributed by atoms with van der Waals surface area (Å²) in [7, 11) is -3.29. The van der Waals surface area contributed by atoms with Crippen molar-refractivity contribution in [2.45, 2.75) is 4.90 Å². The van der Waals surface area contributed by atoms with Gasteiger partial charge < -0.3 is 10.5 Å². The summed E-state index contributed by atoms with van der Waals surface area (Å²) in [6, 6.07) is 1.59. The molecule has 0 radical (unpaired) electrons. The number of methoxy groups -OCH3 is 1. The number of halogens is 1. The zero-order valence-electron chi connectivity index (χ0n) is 7.19. The zero-order chi connectivity index (χ0) is 10.9. The van der Waals surface area contributed by atoms with Crippen LogP contribution in [0.5, 0.6) is 5.75 Å². The van der Waals surface area contributed by atoms with Crippen molar-refractivity contribution in [2.75, 3.05) is 12.8 Å². The van der Waals surface area contributed by atoms with Crippen LogP contribution in [0, 0.1) is 5.82 Å². The summed E-state index contributed by atoms with van der Waals surface area (Å²) in [4.78, 5) is -0.573. The van der Waals surface area contributed by atoms with E-state index in [1.807, 2.05) is 0 Å². The Kier molecular flexibility index (Phi) is 2.63. The molecule has 1 aromatic rings. The average Bonchev–Trinajstić information content (AvgIpc) is 2.02. The van der Waals surface area contributed by atoms with Crippen LogP contribution < -0.4 is 10.5 Å². The van der Waals surface area contributed by atoms with Crippen LogP contribution in [-0.2, 0) is 10.1 Å². The van der Waals surface area contributed by atoms with Crippen molar-refractivity contribution in [3.8, 4) is 5.75 Å². The molecule has 0 atom stereocenters. The van der Waals surface area contributed by atoms with Crippen molar-refractivity contribution in [1.82, 2.24) is 0 Å². The number of nitrogens with two attached hydrogens (primary N) is 1. The number of benzene rings is 1. The fourth-order valence-corrected chi connectivity index (χ4v) is 1.54. The predicted octanol–water partition coefficient (Wildman–Crippen LogP) is 0.663. The average molecular weight is 221 g/mol. The van der Waals surface area contributed by atoms with E-state index < -0.39 is 20.8 Å². The maximum absolute atomic E-state index is 12.9. The van der Waals surface area contributed by atoms with E-state index >= 15 is 0 Å². The summed E-state index contributed by atoms with van der Waals surface area (Å²) in [6.45, 7) is 0. The Labute approximate surface area is 80.0 Å². The third-order valence-electron chi connectivity index (χ3n) is 1.56. The lowest BCUT2D eigenvalue weighted by atomic mass is 10.3. The second-order valence-electron chi connectivity index (χ2n) is 2.50. The number of nitrogen functional groups attached to an aromatic ring is 1. The molecule has 14 heavy (non-hydrogen) atoms. The Hall–Kier alpha value is -1.34. The molecule has 1 aromatic carbocycles. The summed E-state index contributed by atoms with van der Waals surface area (Å²) in [6.07, 6.45) is 0. The first-order valence-electron chi connectivity index (χ1n) is 3.46. The summed E-state index contributed by atoms with van der Waals surface area (Å²) in [5, 5.41) is 0. The van der Waals surface area contributed by atoms with Gasteiger partial charge in [0.25, 0.3) is 10.1 Å². The molecule has 0 bridgehead atoms. The van der Waals surface area contributed by atoms with Crippen LogP contribution in [0.4, 0.5) is 10.1 Å². The molecular formula is C7H8FNO4S. The molecular weight excluding hydrogens is 213 g/mol. The predicted molar refractivity (Wildman–Crippen MR) is 47.2 cm³/mol. The van der Waals surface area contributed by atoms with Gasteiger partial charge >= 0.3 is 0 Å². The van der Waals surface area contributed by atoms with Gasteiger partial charge in [-0.25, -0.2) is 4.39 Å². The van der Waals surface area contributed by atoms with Gasteiger partial charge in [0.15, 0.2) is 11.6 Å². The highest BCUT2D eigenvalue weighted by molar-refractivity contribution is 7.86. The van der Waals surface area contributed by atoms with Crippen LogP contribution in [0.15, 0.2) is 17.0 Å². The first-order chi connectivity index (χ1) is 6.36. The number of hydrogen-bond acceptors (Lipinski definition) is 4. The van der Waals surface area contributed by atoms with Crippen LogP contribution >= 0.6 is 0 Å². The molecule has 0 aliphatic carbocycles. The van der Waals surface area contributed by atoms with E-state index in [0.717, 1.165) is 12.1 Å². The van der Waals surface area contributed by atoms with Crippen molar-refractivity contribution in [2.24, 2.45) is 0 Å². The van der Waals surface area contributed by atoms with Crippen molar-refractivity contribution < 1.29 is 22.1 Å². The molecule has 0 aromatic heterocycles. The molecule has 78 valence electrons. The van der Waals surface area contributed by atoms with E-state index in [0.29, 0.717) is 0 Å². The van der Waals surface area contributed by atoms with Gasteiger partial charge in [0.05, 0.1) is 12.8 Å². The zero-order valence-corrected chi connectivity index (χ0v) is 8.01. The maximum Gasteiger partial charge on any atom is 0.296 e. The molecule has 7 heteroatoms. The molecule has 0 saturated heterocycles. The van der Waals surface area contributed by atoms with Crippen LogP contribution in [0.1, 0.15) is 0 Å². The fourth-order valence-electron chi connectivity index (χ4n) is 0.930. The third kappa shape index (κ3) is 1.94. The standard InChI is InChI=1S/C7H8FNO4S/c1-13-6-3-7(14(10,11)12)5(9)2-4(6)8/h2-3H,9H2,1H3,(H,10,11,12). The first kappa shape index (κ1) is 10.7. The van der Waals surface area contributed by atoms with E-state index in [4.69, 9.17) is 10.3 Å². The van der Waals surface area contributed by atoms with Crippen LogP contribution in [0.3, 0.4) is 0 Å². The first-order valence-corrected chi connectivity index (χ1v) is 4.90. The van der Waals surface area contributed by atoms with Gasteiger partial charge in [0, 0.05) is 12.1 Å². The molecule has 0 saturated carbocycles. The Balaban J connectivity index is 3.47. The topological polar surface area (TPSA) is 89.6 Å². The van der Waals surface area contributed by atoms with Crippen molar-refractivity contribution in [3.63, 3.8) is 0 Å². The van der Waals surface area contributed by atoms with Crippen molar-refractivity contribution in [1.29, 1.82) is 0 Å². The summed E-state index contributed by atoms with van der Waals surface area (Å²) < 4.78 is 47.6. The SMILES string of the molecule is COc1cc(S(=O)(=O)O)c(N)cc1F. The van der Waals surface area contributed by atoms with Crippen molar-refractivity contribution >= 4 is 15.8 Å². The highest BCUT2D eigenvalue weighted by Crippen LogP contribution is 2.26. The molecule has 0 heterocycles. The number of rotatable bonds is 2. The van der Waals surface area contributed by atoms with E-state index in [9.17, 15) is 12.8 Å². The fraction of sp³-hybridized carbons (Fsp3) is 0.143. The summed E-state index contributed by atoms with van der Waals surface area (Å²) in [5.41, 5.74) is 4.83. The number of hydrogen-bond donors (Lipinski definition) is 2. The lowest BCUT2D eigenvalue weighted by molar-refractivity contribution is 0.384. The largest absolute Gasteiger partial charge is 0.494 e. The van der Waals surface area contributed by atoms with E-state index in [2.05, 4.69) is 4.74 Å². The normalized spacial score (nSPS) is 11.4. The van der Waals surface area contributed by atoms with E-state index in [1.165, 1.54) is 7.11 Å². The van der Waals surface area contributed by atoms with Crippen LogP contribution in [0.2, 0.25) is 0 Å². The monoisotopic (exact) mass is 221 g/mol. The summed E-state index contributed by atoms with van der Waals surface area (Å²) in [5.74, 6) is -1.09. The Bertz CT molecular complexity index is 457. The van der Waals surface area contributed by atoms with Gasteiger partial charge in [-0.05, 0) is 0 Å². The molecule has 0 unspecified atom stereocenters. The lowest BCUT2D eigenvalue weighted by Crippen LogP contribution is -2.04. The van der Waals surface area contributed by atoms with Crippen molar-refractivity contribution in [3.05, 3.63) is 17.9 Å². The van der Waals surface area contributed by atoms with Gasteiger partial charge in [0.1, 0.15) is 4.90 Å². The highest BCUT2D eigenvalue weighted by Gasteiger charge is 2.17. The van der Waals surface area contributed by atoms with E-state index in [-0.39, 0.29) is 11.4 Å². The Morgan fingerprint density at radius 1 is 1.50 bits per heavy atom. The smallest absolute Gasteiger partial charge is 0.296 e. The second-order valence-corrected chi connectivity index (χ2v) is 3.89. The Morgan fingerprint density at radius 3 is 2.50 bits per heavy atom. The third-order valence-corrected chi connectivity index (χ3v) is 2.47. The second kappa shape index (κ2) is 3.43. The molecule has 0 amide bonds. The minimum Gasteiger partial charge on any atom is -0.494 e. The lowest BCUT2D eigenvalue weighted by Gasteiger charge is -2.06. The van der Waals surface area contributed by atoms with Gasteiger partial charge in [-0.15, -0.1) is 0 Å². The molecule has 1 rings (SSSR count). The van der Waals surface area contributed by atoms with Gasteiger partial charge in [-0.2, -0.15) is 8.42 Å². The number of ether oxygens (including phenoxy) is 1. The Morgan fingerprint density at radius 2 is 2.07 bits per heavy atom. The minimum atomic E-state index is -4.45. The molecule has 3 N–H and O–H groups in total. The summed E-state index contributed by atoms with van der Waals surface area (Å²) >= 11 is 0. The van der Waals surface area contributed by atoms with E-state index in [1.54, 1.807) is 0 Å². The van der Waals surface area contributed by atoms with Gasteiger partial charge in [-0.3, -0.25) is 4.55 Å².